The van der Waals surface area contributed by atoms with Gasteiger partial charge in [0.2, 0.25) is 5.91 Å². The molecule has 0 spiro atoms. The van der Waals surface area contributed by atoms with Crippen LogP contribution in [-0.4, -0.2) is 37.4 Å². The summed E-state index contributed by atoms with van der Waals surface area (Å²) in [5.74, 6) is 0.572. The normalized spacial score (nSPS) is 10.5. The number of hydrogen-bond acceptors (Lipinski definition) is 2. The third kappa shape index (κ3) is 6.99. The van der Waals surface area contributed by atoms with Gasteiger partial charge < -0.3 is 15.5 Å². The number of carbonyl (C=O) groups is 1. The number of anilines is 1. The predicted molar refractivity (Wildman–Crippen MR) is 110 cm³/mol. The van der Waals surface area contributed by atoms with E-state index in [-0.39, 0.29) is 36.4 Å². The van der Waals surface area contributed by atoms with Gasteiger partial charge in [0.15, 0.2) is 5.96 Å². The fourth-order valence-electron chi connectivity index (χ4n) is 1.99. The van der Waals surface area contributed by atoms with Crippen LogP contribution in [0.5, 0.6) is 0 Å². The minimum Gasteiger partial charge on any atom is -0.349 e. The number of amides is 1. The summed E-state index contributed by atoms with van der Waals surface area (Å²) in [6.07, 6.45) is 0. The summed E-state index contributed by atoms with van der Waals surface area (Å²) in [4.78, 5) is 18.4. The Balaban J connectivity index is 0.00000288. The number of aliphatic imine (C=N–C) groups is 1. The van der Waals surface area contributed by atoms with Crippen LogP contribution in [-0.2, 0) is 11.3 Å². The van der Waals surface area contributed by atoms with E-state index >= 15 is 0 Å². The zero-order chi connectivity index (χ0) is 16.5. The molecule has 0 aliphatic rings. The van der Waals surface area contributed by atoms with Crippen LogP contribution in [0.25, 0.3) is 0 Å². The summed E-state index contributed by atoms with van der Waals surface area (Å²) in [6.45, 7) is 0.738. The lowest BCUT2D eigenvalue weighted by atomic mass is 10.2. The molecule has 0 aromatic heterocycles. The average Bonchev–Trinajstić information content (AvgIpc) is 2.56. The van der Waals surface area contributed by atoms with Crippen LogP contribution >= 0.6 is 24.0 Å². The Bertz CT molecular complexity index is 645. The summed E-state index contributed by atoms with van der Waals surface area (Å²) in [7, 11) is 3.79. The van der Waals surface area contributed by atoms with Gasteiger partial charge >= 0.3 is 0 Å². The second-order valence-electron chi connectivity index (χ2n) is 5.29. The molecule has 2 aromatic rings. The van der Waals surface area contributed by atoms with Crippen molar-refractivity contribution in [1.82, 2.24) is 10.2 Å². The predicted octanol–water partition coefficient (Wildman–Crippen LogP) is 2.95. The van der Waals surface area contributed by atoms with Gasteiger partial charge in [-0.05, 0) is 17.7 Å². The molecule has 1 amide bonds. The van der Waals surface area contributed by atoms with Gasteiger partial charge in [0.05, 0.1) is 13.1 Å². The fourth-order valence-corrected chi connectivity index (χ4v) is 1.99. The van der Waals surface area contributed by atoms with Gasteiger partial charge in [-0.15, -0.1) is 24.0 Å². The molecule has 0 aliphatic heterocycles. The number of hydrogen-bond donors (Lipinski definition) is 2. The first-order chi connectivity index (χ1) is 11.1. The molecule has 0 radical (unpaired) electrons. The lowest BCUT2D eigenvalue weighted by molar-refractivity contribution is -0.115. The van der Waals surface area contributed by atoms with Gasteiger partial charge in [-0.2, -0.15) is 0 Å². The summed E-state index contributed by atoms with van der Waals surface area (Å²) >= 11 is 0. The maximum absolute atomic E-state index is 12.0. The molecule has 6 heteroatoms. The van der Waals surface area contributed by atoms with Crippen molar-refractivity contribution in [2.75, 3.05) is 26.0 Å². The van der Waals surface area contributed by atoms with Gasteiger partial charge in [-0.25, -0.2) is 4.99 Å². The van der Waals surface area contributed by atoms with Crippen molar-refractivity contribution >= 4 is 41.5 Å². The molecule has 128 valence electrons. The number of carbonyl (C=O) groups excluding carboxylic acids is 1. The molecule has 5 nitrogen and oxygen atoms in total. The third-order valence-electron chi connectivity index (χ3n) is 3.14. The molecule has 0 saturated carbocycles. The SMILES string of the molecule is CN(C)C(=NCc1ccccc1)NCC(=O)Nc1ccccc1.I. The van der Waals surface area contributed by atoms with Crippen molar-refractivity contribution in [2.24, 2.45) is 4.99 Å². The van der Waals surface area contributed by atoms with Crippen LogP contribution in [0.4, 0.5) is 5.69 Å². The Morgan fingerprint density at radius 1 is 1.00 bits per heavy atom. The summed E-state index contributed by atoms with van der Waals surface area (Å²) < 4.78 is 0. The average molecular weight is 438 g/mol. The zero-order valence-electron chi connectivity index (χ0n) is 13.9. The van der Waals surface area contributed by atoms with E-state index in [9.17, 15) is 4.79 Å². The third-order valence-corrected chi connectivity index (χ3v) is 3.14. The van der Waals surface area contributed by atoms with Crippen LogP contribution in [0.2, 0.25) is 0 Å². The van der Waals surface area contributed by atoms with Crippen LogP contribution in [0.1, 0.15) is 5.56 Å². The molecule has 0 aliphatic carbocycles. The molecule has 0 atom stereocenters. The second-order valence-corrected chi connectivity index (χ2v) is 5.29. The number of halogens is 1. The van der Waals surface area contributed by atoms with Crippen LogP contribution in [0.15, 0.2) is 65.7 Å². The molecular formula is C18H23IN4O. The number of nitrogens with zero attached hydrogens (tertiary/aromatic N) is 2. The van der Waals surface area contributed by atoms with Crippen molar-refractivity contribution < 1.29 is 4.79 Å². The maximum atomic E-state index is 12.0. The Kier molecular flexibility index (Phi) is 8.85. The minimum atomic E-state index is -0.106. The molecule has 0 fully saturated rings. The molecule has 2 rings (SSSR count). The van der Waals surface area contributed by atoms with E-state index in [0.717, 1.165) is 11.3 Å². The minimum absolute atomic E-state index is 0. The number of benzene rings is 2. The monoisotopic (exact) mass is 438 g/mol. The molecule has 0 heterocycles. The lowest BCUT2D eigenvalue weighted by Gasteiger charge is -2.17. The highest BCUT2D eigenvalue weighted by Crippen LogP contribution is 2.04. The fraction of sp³-hybridized carbons (Fsp3) is 0.222. The van der Waals surface area contributed by atoms with Crippen molar-refractivity contribution in [3.8, 4) is 0 Å². The topological polar surface area (TPSA) is 56.7 Å². The van der Waals surface area contributed by atoms with Gasteiger partial charge in [0.1, 0.15) is 0 Å². The van der Waals surface area contributed by atoms with Crippen molar-refractivity contribution in [2.45, 2.75) is 6.54 Å². The van der Waals surface area contributed by atoms with E-state index in [1.165, 1.54) is 0 Å². The van der Waals surface area contributed by atoms with Gasteiger partial charge in [-0.1, -0.05) is 48.5 Å². The lowest BCUT2D eigenvalue weighted by Crippen LogP contribution is -2.40. The standard InChI is InChI=1S/C18H22N4O.HI/c1-22(2)18(19-13-15-9-5-3-6-10-15)20-14-17(23)21-16-11-7-4-8-12-16;/h3-12H,13-14H2,1-2H3,(H,19,20)(H,21,23);1H. The van der Waals surface area contributed by atoms with E-state index in [0.29, 0.717) is 12.5 Å². The highest BCUT2D eigenvalue weighted by Gasteiger charge is 2.06. The van der Waals surface area contributed by atoms with E-state index in [1.54, 1.807) is 0 Å². The van der Waals surface area contributed by atoms with Crippen molar-refractivity contribution in [1.29, 1.82) is 0 Å². The van der Waals surface area contributed by atoms with E-state index in [4.69, 9.17) is 0 Å². The highest BCUT2D eigenvalue weighted by molar-refractivity contribution is 14.0. The highest BCUT2D eigenvalue weighted by atomic mass is 127. The summed E-state index contributed by atoms with van der Waals surface area (Å²) in [5, 5.41) is 5.91. The summed E-state index contributed by atoms with van der Waals surface area (Å²) in [5.41, 5.74) is 1.91. The Morgan fingerprint density at radius 2 is 1.58 bits per heavy atom. The number of para-hydroxylation sites is 1. The van der Waals surface area contributed by atoms with Crippen LogP contribution < -0.4 is 10.6 Å². The van der Waals surface area contributed by atoms with Gasteiger partial charge in [0, 0.05) is 19.8 Å². The largest absolute Gasteiger partial charge is 0.349 e. The molecule has 0 saturated heterocycles. The number of nitrogens with one attached hydrogen (secondary N) is 2. The number of rotatable bonds is 5. The number of guanidine groups is 1. The van der Waals surface area contributed by atoms with Crippen molar-refractivity contribution in [3.63, 3.8) is 0 Å². The van der Waals surface area contributed by atoms with E-state index in [1.807, 2.05) is 79.7 Å². The first kappa shape index (κ1) is 20.0. The Hall–Kier alpha value is -2.09. The molecular weight excluding hydrogens is 415 g/mol. The maximum Gasteiger partial charge on any atom is 0.243 e. The molecule has 2 aromatic carbocycles. The quantitative estimate of drug-likeness (QED) is 0.429. The Labute approximate surface area is 160 Å². The smallest absolute Gasteiger partial charge is 0.243 e. The van der Waals surface area contributed by atoms with Gasteiger partial charge in [-0.3, -0.25) is 4.79 Å². The Morgan fingerprint density at radius 3 is 2.17 bits per heavy atom. The van der Waals surface area contributed by atoms with Crippen LogP contribution in [0.3, 0.4) is 0 Å². The first-order valence-corrected chi connectivity index (χ1v) is 7.49. The van der Waals surface area contributed by atoms with E-state index < -0.39 is 0 Å². The molecule has 0 bridgehead atoms. The van der Waals surface area contributed by atoms with Crippen molar-refractivity contribution in [3.05, 3.63) is 66.2 Å². The van der Waals surface area contributed by atoms with E-state index in [2.05, 4.69) is 15.6 Å². The molecule has 24 heavy (non-hydrogen) atoms. The molecule has 0 unspecified atom stereocenters. The second kappa shape index (κ2) is 10.6. The van der Waals surface area contributed by atoms with Crippen LogP contribution in [0, 0.1) is 0 Å². The molecule has 2 N–H and O–H groups in total. The first-order valence-electron chi connectivity index (χ1n) is 7.49. The zero-order valence-corrected chi connectivity index (χ0v) is 16.2. The van der Waals surface area contributed by atoms with Gasteiger partial charge in [0.25, 0.3) is 0 Å². The summed E-state index contributed by atoms with van der Waals surface area (Å²) in [6, 6.07) is 19.4.